The van der Waals surface area contributed by atoms with Gasteiger partial charge in [0.15, 0.2) is 0 Å². The Morgan fingerprint density at radius 2 is 2.06 bits per heavy atom. The molecule has 0 aliphatic carbocycles. The van der Waals surface area contributed by atoms with Gasteiger partial charge >= 0.3 is 16.2 Å². The standard InChI is InChI=1S/C10H16N2O4S2/c1-6(2)12(4)18(15,16)11-8-7(3)5-17-9(8)10(13)14/h5-6,11H,1-4H3,(H,13,14). The number of rotatable bonds is 5. The van der Waals surface area contributed by atoms with E-state index < -0.39 is 16.2 Å². The van der Waals surface area contributed by atoms with Crippen LogP contribution in [0.25, 0.3) is 0 Å². The van der Waals surface area contributed by atoms with E-state index in [0.29, 0.717) is 5.56 Å². The van der Waals surface area contributed by atoms with Crippen LogP contribution < -0.4 is 4.72 Å². The molecule has 0 aliphatic rings. The van der Waals surface area contributed by atoms with Crippen molar-refractivity contribution in [2.24, 2.45) is 0 Å². The van der Waals surface area contributed by atoms with Gasteiger partial charge in [-0.2, -0.15) is 12.7 Å². The fraction of sp³-hybridized carbons (Fsp3) is 0.500. The van der Waals surface area contributed by atoms with E-state index in [1.807, 2.05) is 0 Å². The molecular weight excluding hydrogens is 276 g/mol. The first-order chi connectivity index (χ1) is 8.16. The highest BCUT2D eigenvalue weighted by Gasteiger charge is 2.24. The van der Waals surface area contributed by atoms with Gasteiger partial charge in [0.2, 0.25) is 0 Å². The van der Waals surface area contributed by atoms with Gasteiger partial charge in [-0.3, -0.25) is 4.72 Å². The highest BCUT2D eigenvalue weighted by molar-refractivity contribution is 7.90. The van der Waals surface area contributed by atoms with Gasteiger partial charge in [0.05, 0.1) is 5.69 Å². The van der Waals surface area contributed by atoms with Gasteiger partial charge in [-0.05, 0) is 31.7 Å². The SMILES string of the molecule is Cc1csc(C(=O)O)c1NS(=O)(=O)N(C)C(C)C. The monoisotopic (exact) mass is 292 g/mol. The molecule has 102 valence electrons. The van der Waals surface area contributed by atoms with Crippen LogP contribution in [-0.2, 0) is 10.2 Å². The smallest absolute Gasteiger partial charge is 0.348 e. The molecule has 1 aromatic rings. The third-order valence-electron chi connectivity index (χ3n) is 2.51. The minimum atomic E-state index is -3.73. The number of aromatic carboxylic acids is 1. The van der Waals surface area contributed by atoms with Gasteiger partial charge in [0.25, 0.3) is 0 Å². The summed E-state index contributed by atoms with van der Waals surface area (Å²) in [5, 5.41) is 10.6. The molecule has 0 aromatic carbocycles. The number of nitrogens with zero attached hydrogens (tertiary/aromatic N) is 1. The van der Waals surface area contributed by atoms with Crippen molar-refractivity contribution in [1.29, 1.82) is 0 Å². The van der Waals surface area contributed by atoms with Gasteiger partial charge in [-0.25, -0.2) is 4.79 Å². The Balaban J connectivity index is 3.12. The van der Waals surface area contributed by atoms with Crippen LogP contribution in [0.4, 0.5) is 5.69 Å². The first kappa shape index (κ1) is 14.9. The number of carbonyl (C=O) groups is 1. The van der Waals surface area contributed by atoms with E-state index in [1.54, 1.807) is 26.2 Å². The molecule has 1 rings (SSSR count). The van der Waals surface area contributed by atoms with Crippen molar-refractivity contribution in [1.82, 2.24) is 4.31 Å². The Morgan fingerprint density at radius 3 is 2.50 bits per heavy atom. The molecule has 1 heterocycles. The van der Waals surface area contributed by atoms with Crippen LogP contribution in [-0.4, -0.2) is 36.9 Å². The number of aryl methyl sites for hydroxylation is 1. The molecule has 8 heteroatoms. The van der Waals surface area contributed by atoms with Crippen molar-refractivity contribution in [3.8, 4) is 0 Å². The van der Waals surface area contributed by atoms with Crippen LogP contribution in [0.3, 0.4) is 0 Å². The summed E-state index contributed by atoms with van der Waals surface area (Å²) in [5.41, 5.74) is 0.734. The largest absolute Gasteiger partial charge is 0.477 e. The highest BCUT2D eigenvalue weighted by Crippen LogP contribution is 2.29. The predicted molar refractivity (Wildman–Crippen MR) is 71.5 cm³/mol. The van der Waals surface area contributed by atoms with E-state index in [-0.39, 0.29) is 16.6 Å². The van der Waals surface area contributed by atoms with Gasteiger partial charge in [0, 0.05) is 13.1 Å². The van der Waals surface area contributed by atoms with Crippen LogP contribution in [0.5, 0.6) is 0 Å². The van der Waals surface area contributed by atoms with E-state index in [0.717, 1.165) is 15.6 Å². The van der Waals surface area contributed by atoms with Gasteiger partial charge in [-0.1, -0.05) is 0 Å². The Hall–Kier alpha value is -1.12. The van der Waals surface area contributed by atoms with Crippen molar-refractivity contribution in [2.45, 2.75) is 26.8 Å². The summed E-state index contributed by atoms with van der Waals surface area (Å²) in [4.78, 5) is 11.0. The van der Waals surface area contributed by atoms with Crippen molar-refractivity contribution in [3.63, 3.8) is 0 Å². The third-order valence-corrected chi connectivity index (χ3v) is 5.23. The maximum atomic E-state index is 12.0. The molecule has 0 saturated carbocycles. The zero-order valence-electron chi connectivity index (χ0n) is 10.6. The zero-order valence-corrected chi connectivity index (χ0v) is 12.2. The average Bonchev–Trinajstić information content (AvgIpc) is 2.58. The summed E-state index contributed by atoms with van der Waals surface area (Å²) in [5.74, 6) is -1.14. The minimum absolute atomic E-state index is 0.00627. The van der Waals surface area contributed by atoms with Crippen molar-refractivity contribution in [3.05, 3.63) is 15.8 Å². The number of thiophene rings is 1. The summed E-state index contributed by atoms with van der Waals surface area (Å²) in [6, 6.07) is -0.213. The molecule has 0 bridgehead atoms. The lowest BCUT2D eigenvalue weighted by Crippen LogP contribution is -2.37. The Bertz CT molecular complexity index is 548. The number of hydrogen-bond acceptors (Lipinski definition) is 4. The second kappa shape index (κ2) is 5.25. The molecule has 0 atom stereocenters. The molecule has 6 nitrogen and oxygen atoms in total. The maximum absolute atomic E-state index is 12.0. The first-order valence-electron chi connectivity index (χ1n) is 5.24. The van der Waals surface area contributed by atoms with Crippen LogP contribution in [0.1, 0.15) is 29.1 Å². The highest BCUT2D eigenvalue weighted by atomic mass is 32.2. The molecule has 0 fully saturated rings. The van der Waals surface area contributed by atoms with E-state index >= 15 is 0 Å². The van der Waals surface area contributed by atoms with E-state index in [9.17, 15) is 13.2 Å². The topological polar surface area (TPSA) is 86.7 Å². The van der Waals surface area contributed by atoms with Crippen molar-refractivity contribution >= 4 is 33.2 Å². The van der Waals surface area contributed by atoms with E-state index in [1.165, 1.54) is 7.05 Å². The quantitative estimate of drug-likeness (QED) is 0.865. The molecule has 2 N–H and O–H groups in total. The number of hydrogen-bond donors (Lipinski definition) is 2. The average molecular weight is 292 g/mol. The lowest BCUT2D eigenvalue weighted by Gasteiger charge is -2.21. The van der Waals surface area contributed by atoms with Crippen LogP contribution in [0.15, 0.2) is 5.38 Å². The Morgan fingerprint density at radius 1 is 1.50 bits per heavy atom. The lowest BCUT2D eigenvalue weighted by atomic mass is 10.3. The normalized spacial score (nSPS) is 12.1. The summed E-state index contributed by atoms with van der Waals surface area (Å²) >= 11 is 1.00. The summed E-state index contributed by atoms with van der Waals surface area (Å²) in [7, 11) is -2.29. The van der Waals surface area contributed by atoms with Gasteiger partial charge in [0.1, 0.15) is 4.88 Å². The van der Waals surface area contributed by atoms with E-state index in [4.69, 9.17) is 5.11 Å². The van der Waals surface area contributed by atoms with Crippen molar-refractivity contribution < 1.29 is 18.3 Å². The third kappa shape index (κ3) is 3.01. The Labute approximate surface area is 110 Å². The second-order valence-corrected chi connectivity index (χ2v) is 6.75. The predicted octanol–water partition coefficient (Wildman–Crippen LogP) is 1.75. The van der Waals surface area contributed by atoms with Crippen LogP contribution in [0.2, 0.25) is 0 Å². The number of anilines is 1. The van der Waals surface area contributed by atoms with Crippen LogP contribution in [0, 0.1) is 6.92 Å². The van der Waals surface area contributed by atoms with Crippen LogP contribution >= 0.6 is 11.3 Å². The fourth-order valence-corrected chi connectivity index (χ4v) is 3.33. The first-order valence-corrected chi connectivity index (χ1v) is 7.56. The number of carboxylic acid groups (broad SMARTS) is 1. The minimum Gasteiger partial charge on any atom is -0.477 e. The Kier molecular flexibility index (Phi) is 4.36. The zero-order chi connectivity index (χ0) is 14.1. The van der Waals surface area contributed by atoms with Crippen molar-refractivity contribution in [2.75, 3.05) is 11.8 Å². The molecule has 0 unspecified atom stereocenters. The molecule has 0 radical (unpaired) electrons. The molecule has 0 saturated heterocycles. The van der Waals surface area contributed by atoms with E-state index in [2.05, 4.69) is 4.72 Å². The molecule has 0 aliphatic heterocycles. The molecule has 18 heavy (non-hydrogen) atoms. The second-order valence-electron chi connectivity index (χ2n) is 4.15. The number of nitrogens with one attached hydrogen (secondary N) is 1. The number of carboxylic acids is 1. The molecular formula is C10H16N2O4S2. The fourth-order valence-electron chi connectivity index (χ4n) is 1.21. The molecule has 0 spiro atoms. The summed E-state index contributed by atoms with van der Waals surface area (Å²) < 4.78 is 27.5. The maximum Gasteiger partial charge on any atom is 0.348 e. The summed E-state index contributed by atoms with van der Waals surface area (Å²) in [6.45, 7) is 5.13. The van der Waals surface area contributed by atoms with Gasteiger partial charge < -0.3 is 5.11 Å². The lowest BCUT2D eigenvalue weighted by molar-refractivity contribution is 0.0703. The molecule has 0 amide bonds. The molecule has 1 aromatic heterocycles. The summed E-state index contributed by atoms with van der Waals surface area (Å²) in [6.07, 6.45) is 0. The van der Waals surface area contributed by atoms with Gasteiger partial charge in [-0.15, -0.1) is 11.3 Å².